The van der Waals surface area contributed by atoms with Crippen LogP contribution in [0.1, 0.15) is 0 Å². The molecule has 0 atom stereocenters. The van der Waals surface area contributed by atoms with Crippen LogP contribution in [0.3, 0.4) is 0 Å². The van der Waals surface area contributed by atoms with Gasteiger partial charge in [0.2, 0.25) is 0 Å². The lowest BCUT2D eigenvalue weighted by Crippen LogP contribution is -2.05. The zero-order valence-corrected chi connectivity index (χ0v) is 10.2. The number of rotatable bonds is 5. The Morgan fingerprint density at radius 1 is 1.11 bits per heavy atom. The lowest BCUT2D eigenvalue weighted by Gasteiger charge is -2.11. The Balaban J connectivity index is 2.30. The predicted molar refractivity (Wildman–Crippen MR) is 68.7 cm³/mol. The van der Waals surface area contributed by atoms with Crippen LogP contribution in [-0.2, 0) is 4.74 Å². The van der Waals surface area contributed by atoms with Crippen LogP contribution in [0.5, 0.6) is 11.5 Å². The molecule has 0 unspecified atom stereocenters. The molecule has 0 spiro atoms. The van der Waals surface area contributed by atoms with Gasteiger partial charge in [0.15, 0.2) is 0 Å². The second-order valence-electron chi connectivity index (χ2n) is 3.71. The molecule has 0 aliphatic carbocycles. The average Bonchev–Trinajstić information content (AvgIpc) is 2.40. The molecule has 0 fully saturated rings. The van der Waals surface area contributed by atoms with Crippen molar-refractivity contribution in [3.05, 3.63) is 42.6 Å². The molecule has 2 rings (SSSR count). The van der Waals surface area contributed by atoms with Crippen LogP contribution in [0.15, 0.2) is 42.6 Å². The first-order chi connectivity index (χ1) is 8.83. The van der Waals surface area contributed by atoms with Crippen molar-refractivity contribution in [2.75, 3.05) is 20.3 Å². The van der Waals surface area contributed by atoms with Gasteiger partial charge < -0.3 is 14.6 Å². The van der Waals surface area contributed by atoms with Gasteiger partial charge in [-0.25, -0.2) is 0 Å². The molecule has 1 aromatic carbocycles. The van der Waals surface area contributed by atoms with E-state index in [9.17, 15) is 5.11 Å². The van der Waals surface area contributed by atoms with E-state index >= 15 is 0 Å². The zero-order chi connectivity index (χ0) is 12.8. The van der Waals surface area contributed by atoms with Gasteiger partial charge in [0.1, 0.15) is 23.8 Å². The van der Waals surface area contributed by atoms with Crippen molar-refractivity contribution < 1.29 is 14.6 Å². The number of aromatic nitrogens is 1. The van der Waals surface area contributed by atoms with Crippen LogP contribution in [0.4, 0.5) is 0 Å². The summed E-state index contributed by atoms with van der Waals surface area (Å²) >= 11 is 0. The SMILES string of the molecule is COCCOc1ccccc1-c1ncccc1O. The third-order valence-corrected chi connectivity index (χ3v) is 2.47. The van der Waals surface area contributed by atoms with Crippen molar-refractivity contribution in [1.29, 1.82) is 0 Å². The highest BCUT2D eigenvalue weighted by atomic mass is 16.5. The molecule has 18 heavy (non-hydrogen) atoms. The minimum atomic E-state index is 0.139. The lowest BCUT2D eigenvalue weighted by atomic mass is 10.1. The molecule has 0 bridgehead atoms. The number of pyridine rings is 1. The van der Waals surface area contributed by atoms with E-state index in [1.54, 1.807) is 25.4 Å². The van der Waals surface area contributed by atoms with E-state index in [0.717, 1.165) is 5.56 Å². The minimum absolute atomic E-state index is 0.139. The summed E-state index contributed by atoms with van der Waals surface area (Å²) in [6.45, 7) is 0.976. The molecule has 0 saturated heterocycles. The van der Waals surface area contributed by atoms with Crippen molar-refractivity contribution >= 4 is 0 Å². The number of ether oxygens (including phenoxy) is 2. The highest BCUT2D eigenvalue weighted by Gasteiger charge is 2.10. The second-order valence-corrected chi connectivity index (χ2v) is 3.71. The summed E-state index contributed by atoms with van der Waals surface area (Å²) in [7, 11) is 1.62. The summed E-state index contributed by atoms with van der Waals surface area (Å²) in [5, 5.41) is 9.82. The first-order valence-corrected chi connectivity index (χ1v) is 5.68. The molecule has 2 aromatic rings. The Morgan fingerprint density at radius 3 is 2.72 bits per heavy atom. The van der Waals surface area contributed by atoms with Gasteiger partial charge in [-0.05, 0) is 24.3 Å². The van der Waals surface area contributed by atoms with Crippen molar-refractivity contribution in [3.63, 3.8) is 0 Å². The maximum Gasteiger partial charge on any atom is 0.141 e. The first-order valence-electron chi connectivity index (χ1n) is 5.68. The van der Waals surface area contributed by atoms with Crippen molar-refractivity contribution in [3.8, 4) is 22.8 Å². The normalized spacial score (nSPS) is 10.3. The number of benzene rings is 1. The molecular formula is C14H15NO3. The molecule has 1 N–H and O–H groups in total. The molecule has 1 aromatic heterocycles. The van der Waals surface area contributed by atoms with E-state index in [4.69, 9.17) is 9.47 Å². The predicted octanol–water partition coefficient (Wildman–Crippen LogP) is 2.48. The van der Waals surface area contributed by atoms with Gasteiger partial charge in [-0.1, -0.05) is 12.1 Å². The third kappa shape index (κ3) is 2.78. The molecule has 0 saturated carbocycles. The summed E-state index contributed by atoms with van der Waals surface area (Å²) in [6.07, 6.45) is 1.64. The summed E-state index contributed by atoms with van der Waals surface area (Å²) < 4.78 is 10.6. The Kier molecular flexibility index (Phi) is 4.15. The first kappa shape index (κ1) is 12.4. The molecule has 0 aliphatic rings. The summed E-state index contributed by atoms with van der Waals surface area (Å²) in [6, 6.07) is 10.8. The number of aromatic hydroxyl groups is 1. The van der Waals surface area contributed by atoms with Gasteiger partial charge >= 0.3 is 0 Å². The highest BCUT2D eigenvalue weighted by molar-refractivity contribution is 5.71. The summed E-state index contributed by atoms with van der Waals surface area (Å²) in [5.41, 5.74) is 1.29. The Labute approximate surface area is 106 Å². The van der Waals surface area contributed by atoms with Crippen molar-refractivity contribution in [1.82, 2.24) is 4.98 Å². The molecule has 4 heteroatoms. The van der Waals surface area contributed by atoms with Gasteiger partial charge in [0, 0.05) is 18.9 Å². The van der Waals surface area contributed by atoms with Gasteiger partial charge in [0.25, 0.3) is 0 Å². The molecule has 4 nitrogen and oxygen atoms in total. The number of hydrogen-bond donors (Lipinski definition) is 1. The van der Waals surface area contributed by atoms with E-state index < -0.39 is 0 Å². The Bertz CT molecular complexity index is 514. The third-order valence-electron chi connectivity index (χ3n) is 2.47. The molecule has 0 aliphatic heterocycles. The van der Waals surface area contributed by atoms with Gasteiger partial charge in [0.05, 0.1) is 6.61 Å². The fourth-order valence-electron chi connectivity index (χ4n) is 1.63. The van der Waals surface area contributed by atoms with Crippen LogP contribution >= 0.6 is 0 Å². The van der Waals surface area contributed by atoms with Crippen LogP contribution in [-0.4, -0.2) is 30.4 Å². The maximum absolute atomic E-state index is 9.82. The van der Waals surface area contributed by atoms with Crippen molar-refractivity contribution in [2.45, 2.75) is 0 Å². The zero-order valence-electron chi connectivity index (χ0n) is 10.2. The quantitative estimate of drug-likeness (QED) is 0.822. The van der Waals surface area contributed by atoms with Gasteiger partial charge in [-0.15, -0.1) is 0 Å². The fraction of sp³-hybridized carbons (Fsp3) is 0.214. The Morgan fingerprint density at radius 2 is 1.94 bits per heavy atom. The van der Waals surface area contributed by atoms with E-state index in [0.29, 0.717) is 24.7 Å². The number of nitrogens with zero attached hydrogens (tertiary/aromatic N) is 1. The molecular weight excluding hydrogens is 230 g/mol. The van der Waals surface area contributed by atoms with Crippen molar-refractivity contribution in [2.24, 2.45) is 0 Å². The molecule has 1 heterocycles. The molecule has 94 valence electrons. The van der Waals surface area contributed by atoms with Gasteiger partial charge in [-0.3, -0.25) is 4.98 Å². The van der Waals surface area contributed by atoms with Crippen LogP contribution in [0.2, 0.25) is 0 Å². The lowest BCUT2D eigenvalue weighted by molar-refractivity contribution is 0.146. The van der Waals surface area contributed by atoms with Gasteiger partial charge in [-0.2, -0.15) is 0 Å². The second kappa shape index (κ2) is 6.02. The van der Waals surface area contributed by atoms with Crippen LogP contribution in [0, 0.1) is 0 Å². The number of methoxy groups -OCH3 is 1. The fourth-order valence-corrected chi connectivity index (χ4v) is 1.63. The Hall–Kier alpha value is -2.07. The van der Waals surface area contributed by atoms with E-state index in [1.165, 1.54) is 0 Å². The van der Waals surface area contributed by atoms with E-state index in [1.807, 2.05) is 24.3 Å². The number of hydrogen-bond acceptors (Lipinski definition) is 4. The largest absolute Gasteiger partial charge is 0.506 e. The smallest absolute Gasteiger partial charge is 0.141 e. The standard InChI is InChI=1S/C14H15NO3/c1-17-9-10-18-13-7-3-2-5-11(13)14-12(16)6-4-8-15-14/h2-8,16H,9-10H2,1H3. The number of para-hydroxylation sites is 1. The van der Waals surface area contributed by atoms with Crippen LogP contribution < -0.4 is 4.74 Å². The minimum Gasteiger partial charge on any atom is -0.506 e. The summed E-state index contributed by atoms with van der Waals surface area (Å²) in [5.74, 6) is 0.823. The topological polar surface area (TPSA) is 51.6 Å². The van der Waals surface area contributed by atoms with Crippen LogP contribution in [0.25, 0.3) is 11.3 Å². The highest BCUT2D eigenvalue weighted by Crippen LogP contribution is 2.33. The average molecular weight is 245 g/mol. The molecule has 0 amide bonds. The summed E-state index contributed by atoms with van der Waals surface area (Å²) in [4.78, 5) is 4.18. The molecule has 0 radical (unpaired) electrons. The van der Waals surface area contributed by atoms with E-state index in [-0.39, 0.29) is 5.75 Å². The maximum atomic E-state index is 9.82. The monoisotopic (exact) mass is 245 g/mol. The van der Waals surface area contributed by atoms with E-state index in [2.05, 4.69) is 4.98 Å².